The van der Waals surface area contributed by atoms with Crippen molar-refractivity contribution >= 4 is 8.24 Å². The first-order valence-electron chi connectivity index (χ1n) is 2.69. The highest BCUT2D eigenvalue weighted by Gasteiger charge is 2.19. The van der Waals surface area contributed by atoms with Gasteiger partial charge in [0.05, 0.1) is 0 Å². The molecule has 0 aromatic heterocycles. The van der Waals surface area contributed by atoms with Crippen molar-refractivity contribution in [2.45, 2.75) is 32.5 Å². The van der Waals surface area contributed by atoms with E-state index in [4.69, 9.17) is 5.40 Å². The zero-order chi connectivity index (χ0) is 6.08. The third-order valence-electron chi connectivity index (χ3n) is 1.44. The van der Waals surface area contributed by atoms with Gasteiger partial charge < -0.3 is 0 Å². The summed E-state index contributed by atoms with van der Waals surface area (Å²) in [5, 5.41) is 7.53. The molecule has 0 unspecified atom stereocenters. The quantitative estimate of drug-likeness (QED) is 0.467. The third kappa shape index (κ3) is 2.82. The lowest BCUT2D eigenvalue weighted by atomic mass is 10.6. The van der Waals surface area contributed by atoms with Gasteiger partial charge in [0.25, 0.3) is 0 Å². The molecule has 0 fully saturated rings. The summed E-state index contributed by atoms with van der Waals surface area (Å²) in [5.74, 6) is 0. The zero-order valence-corrected chi connectivity index (χ0v) is 6.58. The summed E-state index contributed by atoms with van der Waals surface area (Å²) >= 11 is 0. The van der Waals surface area contributed by atoms with Crippen molar-refractivity contribution < 1.29 is 0 Å². The van der Waals surface area contributed by atoms with Crippen LogP contribution in [-0.4, -0.2) is 8.24 Å². The fourth-order valence-electron chi connectivity index (χ4n) is 0. The highest BCUT2D eigenvalue weighted by Crippen LogP contribution is 2.14. The van der Waals surface area contributed by atoms with E-state index in [0.717, 1.165) is 0 Å². The molecule has 0 saturated carbocycles. The summed E-state index contributed by atoms with van der Waals surface area (Å²) in [5.41, 5.74) is 0.604. The molecule has 0 aliphatic heterocycles. The number of rotatable bonds is 1. The lowest BCUT2D eigenvalue weighted by Crippen LogP contribution is -2.31. The summed E-state index contributed by atoms with van der Waals surface area (Å²) in [4.78, 5) is 0. The van der Waals surface area contributed by atoms with Crippen molar-refractivity contribution in [2.24, 2.45) is 0 Å². The number of nitrogens with one attached hydrogen (secondary N) is 1. The highest BCUT2D eigenvalue weighted by atomic mass is 28.3. The maximum absolute atomic E-state index is 7.53. The second-order valence-corrected chi connectivity index (χ2v) is 7.47. The second kappa shape index (κ2) is 1.97. The maximum atomic E-state index is 7.53. The van der Waals surface area contributed by atoms with Crippen LogP contribution >= 0.6 is 0 Å². The summed E-state index contributed by atoms with van der Waals surface area (Å²) in [6, 6.07) is 0. The predicted molar refractivity (Wildman–Crippen MR) is 35.7 cm³/mol. The van der Waals surface area contributed by atoms with E-state index in [1.807, 2.05) is 0 Å². The van der Waals surface area contributed by atoms with Crippen LogP contribution < -0.4 is 5.40 Å². The van der Waals surface area contributed by atoms with Crippen LogP contribution in [0.4, 0.5) is 0 Å². The standard InChI is InChI=1S/C5H14NSi/c1-5(2)7(3,4)6/h5-6H,1-4H3. The molecule has 1 N–H and O–H groups in total. The molecular formula is C5H14NSi. The smallest absolute Gasteiger partial charge is 0.137 e. The van der Waals surface area contributed by atoms with Gasteiger partial charge in [0.15, 0.2) is 0 Å². The van der Waals surface area contributed by atoms with Gasteiger partial charge in [-0.15, -0.1) is 0 Å². The van der Waals surface area contributed by atoms with Gasteiger partial charge in [0.2, 0.25) is 0 Å². The first-order chi connectivity index (χ1) is 2.94. The summed E-state index contributed by atoms with van der Waals surface area (Å²) in [6.45, 7) is 8.38. The Bertz CT molecular complexity index is 53.6. The van der Waals surface area contributed by atoms with E-state index in [1.54, 1.807) is 0 Å². The average molecular weight is 116 g/mol. The Morgan fingerprint density at radius 3 is 1.43 bits per heavy atom. The predicted octanol–water partition coefficient (Wildman–Crippen LogP) is 1.88. The summed E-state index contributed by atoms with van der Waals surface area (Å²) in [7, 11) is -1.48. The van der Waals surface area contributed by atoms with Crippen LogP contribution in [0.15, 0.2) is 0 Å². The van der Waals surface area contributed by atoms with E-state index in [-0.39, 0.29) is 0 Å². The van der Waals surface area contributed by atoms with Crippen LogP contribution in [0.2, 0.25) is 18.6 Å². The number of hydrogen-bond acceptors (Lipinski definition) is 0. The molecule has 0 aromatic rings. The molecule has 0 aliphatic rings. The molecule has 0 bridgehead atoms. The molecule has 0 rings (SSSR count). The Morgan fingerprint density at radius 2 is 1.43 bits per heavy atom. The Balaban J connectivity index is 3.54. The molecule has 2 heteroatoms. The lowest BCUT2D eigenvalue weighted by molar-refractivity contribution is 0.997. The molecule has 0 atom stereocenters. The Kier molecular flexibility index (Phi) is 2.02. The lowest BCUT2D eigenvalue weighted by Gasteiger charge is -2.17. The number of hydrogen-bond donors (Lipinski definition) is 0. The topological polar surface area (TPSA) is 23.8 Å². The molecule has 0 spiro atoms. The average Bonchev–Trinajstić information content (AvgIpc) is 1.31. The van der Waals surface area contributed by atoms with Crippen LogP contribution in [0.3, 0.4) is 0 Å². The van der Waals surface area contributed by atoms with Gasteiger partial charge in [-0.25, -0.2) is 0 Å². The van der Waals surface area contributed by atoms with Gasteiger partial charge in [-0.05, 0) is 5.54 Å². The minimum atomic E-state index is -1.48. The molecule has 7 heavy (non-hydrogen) atoms. The first-order valence-corrected chi connectivity index (χ1v) is 5.77. The normalized spacial score (nSPS) is 12.9. The fraction of sp³-hybridized carbons (Fsp3) is 1.00. The molecule has 43 valence electrons. The van der Waals surface area contributed by atoms with E-state index < -0.39 is 8.24 Å². The monoisotopic (exact) mass is 116 g/mol. The van der Waals surface area contributed by atoms with Crippen molar-refractivity contribution in [1.29, 1.82) is 0 Å². The van der Waals surface area contributed by atoms with Crippen molar-refractivity contribution in [1.82, 2.24) is 5.40 Å². The molecule has 0 aromatic carbocycles. The largest absolute Gasteiger partial charge is 0.285 e. The molecule has 0 aliphatic carbocycles. The van der Waals surface area contributed by atoms with E-state index in [9.17, 15) is 0 Å². The molecule has 0 amide bonds. The van der Waals surface area contributed by atoms with Crippen LogP contribution in [0.5, 0.6) is 0 Å². The van der Waals surface area contributed by atoms with E-state index in [1.165, 1.54) is 0 Å². The minimum absolute atomic E-state index is 0.604. The van der Waals surface area contributed by atoms with E-state index in [2.05, 4.69) is 26.9 Å². The molecule has 0 heterocycles. The van der Waals surface area contributed by atoms with Gasteiger partial charge in [0, 0.05) is 0 Å². The van der Waals surface area contributed by atoms with Gasteiger partial charge in [-0.2, -0.15) is 0 Å². The van der Waals surface area contributed by atoms with E-state index >= 15 is 0 Å². The molecular weight excluding hydrogens is 102 g/mol. The molecule has 1 nitrogen and oxygen atoms in total. The second-order valence-electron chi connectivity index (χ2n) is 2.88. The molecule has 0 saturated heterocycles. The van der Waals surface area contributed by atoms with Crippen LogP contribution in [-0.2, 0) is 0 Å². The summed E-state index contributed by atoms with van der Waals surface area (Å²) < 4.78 is 0. The fourth-order valence-corrected chi connectivity index (χ4v) is 0. The Hall–Kier alpha value is 0.177. The van der Waals surface area contributed by atoms with Crippen molar-refractivity contribution in [3.8, 4) is 0 Å². The highest BCUT2D eigenvalue weighted by molar-refractivity contribution is 6.74. The van der Waals surface area contributed by atoms with Crippen LogP contribution in [0.25, 0.3) is 0 Å². The SMILES string of the molecule is CC(C)[Si](C)(C)[NH]. The zero-order valence-electron chi connectivity index (χ0n) is 5.58. The van der Waals surface area contributed by atoms with Crippen molar-refractivity contribution in [2.75, 3.05) is 0 Å². The van der Waals surface area contributed by atoms with Crippen LogP contribution in [0, 0.1) is 0 Å². The minimum Gasteiger partial charge on any atom is -0.285 e. The van der Waals surface area contributed by atoms with Gasteiger partial charge in [-0.1, -0.05) is 26.9 Å². The van der Waals surface area contributed by atoms with E-state index in [0.29, 0.717) is 5.54 Å². The van der Waals surface area contributed by atoms with Crippen LogP contribution in [0.1, 0.15) is 13.8 Å². The van der Waals surface area contributed by atoms with Crippen molar-refractivity contribution in [3.63, 3.8) is 0 Å². The third-order valence-corrected chi connectivity index (χ3v) is 4.33. The Labute approximate surface area is 47.0 Å². The maximum Gasteiger partial charge on any atom is 0.137 e. The van der Waals surface area contributed by atoms with Gasteiger partial charge in [-0.3, -0.25) is 5.40 Å². The van der Waals surface area contributed by atoms with Gasteiger partial charge >= 0.3 is 0 Å². The van der Waals surface area contributed by atoms with Crippen molar-refractivity contribution in [3.05, 3.63) is 0 Å². The van der Waals surface area contributed by atoms with Gasteiger partial charge in [0.1, 0.15) is 8.24 Å². The Morgan fingerprint density at radius 1 is 1.29 bits per heavy atom. The molecule has 1 radical (unpaired) electrons. The summed E-state index contributed by atoms with van der Waals surface area (Å²) in [6.07, 6.45) is 0. The first kappa shape index (κ1) is 7.18.